The monoisotopic (exact) mass is 743 g/mol. The van der Waals surface area contributed by atoms with Crippen LogP contribution in [0.15, 0.2) is 11.6 Å². The van der Waals surface area contributed by atoms with Gasteiger partial charge in [-0.3, -0.25) is 14.5 Å². The van der Waals surface area contributed by atoms with E-state index < -0.39 is 0 Å². The number of thioether (sulfide) groups is 1. The van der Waals surface area contributed by atoms with Crippen LogP contribution >= 0.6 is 11.8 Å². The number of hydrogen-bond donors (Lipinski definition) is 0. The number of unbranched alkanes of at least 4 members (excludes halogenated alkanes) is 8. The van der Waals surface area contributed by atoms with Crippen LogP contribution in [0.2, 0.25) is 0 Å². The van der Waals surface area contributed by atoms with Gasteiger partial charge in [-0.25, -0.2) is 0 Å². The highest BCUT2D eigenvalue weighted by Crippen LogP contribution is 2.65. The Kier molecular flexibility index (Phi) is 17.5. The number of ether oxygens (including phenoxy) is 1. The van der Waals surface area contributed by atoms with Gasteiger partial charge in [-0.1, -0.05) is 117 Å². The van der Waals surface area contributed by atoms with E-state index in [1.165, 1.54) is 108 Å². The van der Waals surface area contributed by atoms with Crippen molar-refractivity contribution in [2.75, 3.05) is 27.2 Å². The van der Waals surface area contributed by atoms with Gasteiger partial charge in [0, 0.05) is 19.5 Å². The van der Waals surface area contributed by atoms with Crippen molar-refractivity contribution in [2.45, 2.75) is 195 Å². The topological polar surface area (TPSA) is 49.9 Å². The van der Waals surface area contributed by atoms with Gasteiger partial charge in [0.05, 0.1) is 11.8 Å². The number of amides is 1. The Labute approximate surface area is 326 Å². The van der Waals surface area contributed by atoms with Gasteiger partial charge in [-0.05, 0) is 137 Å². The maximum atomic E-state index is 13.4. The third-order valence-electron chi connectivity index (χ3n) is 15.1. The molecule has 0 heterocycles. The first kappa shape index (κ1) is 43.7. The van der Waals surface area contributed by atoms with E-state index in [4.69, 9.17) is 4.74 Å². The van der Waals surface area contributed by atoms with Crippen LogP contribution in [-0.4, -0.2) is 59.7 Å². The summed E-state index contributed by atoms with van der Waals surface area (Å²) in [6.45, 7) is 18.1. The predicted octanol–water partition coefficient (Wildman–Crippen LogP) is 12.9. The summed E-state index contributed by atoms with van der Waals surface area (Å²) in [5.41, 5.74) is 2.31. The van der Waals surface area contributed by atoms with Crippen LogP contribution in [0.25, 0.3) is 0 Å². The zero-order valence-electron chi connectivity index (χ0n) is 35.5. The Morgan fingerprint density at radius 1 is 0.885 bits per heavy atom. The lowest BCUT2D eigenvalue weighted by atomic mass is 9.52. The number of rotatable bonds is 20. The first-order chi connectivity index (χ1) is 24.8. The minimum absolute atomic E-state index is 0.0360. The molecule has 5 nitrogen and oxygen atoms in total. The highest BCUT2D eigenvalue weighted by molar-refractivity contribution is 8.13. The zero-order chi connectivity index (χ0) is 37.9. The van der Waals surface area contributed by atoms with Crippen molar-refractivity contribution < 1.29 is 14.3 Å². The third-order valence-corrected chi connectivity index (χ3v) is 16.4. The van der Waals surface area contributed by atoms with Gasteiger partial charge in [0.25, 0.3) is 5.24 Å². The van der Waals surface area contributed by atoms with Crippen LogP contribution in [0.1, 0.15) is 183 Å². The summed E-state index contributed by atoms with van der Waals surface area (Å²) in [4.78, 5) is 30.7. The van der Waals surface area contributed by atoms with Crippen LogP contribution < -0.4 is 0 Å². The molecule has 0 aromatic heterocycles. The molecule has 4 aliphatic carbocycles. The molecule has 300 valence electrons. The lowest BCUT2D eigenvalue weighted by Crippen LogP contribution is -2.46. The van der Waals surface area contributed by atoms with Crippen molar-refractivity contribution in [2.24, 2.45) is 46.3 Å². The molecule has 0 aliphatic heterocycles. The Bertz CT molecular complexity index is 1140. The fourth-order valence-electron chi connectivity index (χ4n) is 11.2. The average molecular weight is 743 g/mol. The quantitative estimate of drug-likeness (QED) is 0.0538. The van der Waals surface area contributed by atoms with E-state index in [0.29, 0.717) is 17.9 Å². The highest BCUT2D eigenvalue weighted by Gasteiger charge is 2.57. The Morgan fingerprint density at radius 2 is 1.60 bits per heavy atom. The highest BCUT2D eigenvalue weighted by atomic mass is 32.2. The van der Waals surface area contributed by atoms with Crippen molar-refractivity contribution >= 4 is 23.0 Å². The van der Waals surface area contributed by atoms with E-state index in [-0.39, 0.29) is 34.5 Å². The number of carbonyl (C=O) groups excluding carboxylic acids is 2. The van der Waals surface area contributed by atoms with E-state index in [2.05, 4.69) is 59.4 Å². The normalized spacial score (nSPS) is 32.1. The molecule has 0 N–H and O–H groups in total. The molecule has 3 fully saturated rings. The molecular weight excluding hydrogens is 661 g/mol. The number of fused-ring (bicyclic) bond motifs is 4. The van der Waals surface area contributed by atoms with Crippen molar-refractivity contribution in [1.29, 1.82) is 0 Å². The Hall–Kier alpha value is -1.01. The van der Waals surface area contributed by atoms with Gasteiger partial charge in [0.2, 0.25) is 0 Å². The Morgan fingerprint density at radius 3 is 2.29 bits per heavy atom. The molecule has 52 heavy (non-hydrogen) atoms. The fourth-order valence-corrected chi connectivity index (χ4v) is 12.1. The van der Waals surface area contributed by atoms with E-state index in [1.807, 2.05) is 19.0 Å². The molecule has 3 saturated carbocycles. The number of carbonyl (C=O) groups is 2. The second-order valence-corrected chi connectivity index (χ2v) is 20.4. The second-order valence-electron chi connectivity index (χ2n) is 19.1. The molecule has 0 aromatic rings. The third kappa shape index (κ3) is 11.5. The summed E-state index contributed by atoms with van der Waals surface area (Å²) in [6, 6.07) is 0. The summed E-state index contributed by atoms with van der Waals surface area (Å²) in [7, 11) is 4.02. The summed E-state index contributed by atoms with van der Waals surface area (Å²) in [5.74, 6) is 4.78. The lowest BCUT2D eigenvalue weighted by molar-refractivity contribution is -0.151. The Balaban J connectivity index is 1.31. The van der Waals surface area contributed by atoms with Crippen molar-refractivity contribution in [3.63, 3.8) is 0 Å². The van der Waals surface area contributed by atoms with E-state index in [0.717, 1.165) is 68.2 Å². The lowest BCUT2D eigenvalue weighted by Gasteiger charge is -2.53. The van der Waals surface area contributed by atoms with Crippen molar-refractivity contribution in [3.05, 3.63) is 11.6 Å². The van der Waals surface area contributed by atoms with Crippen molar-refractivity contribution in [3.8, 4) is 0 Å². The molecular formula is C46H82N2O3S. The minimum Gasteiger partial charge on any atom is -0.462 e. The first-order valence-electron chi connectivity index (χ1n) is 22.3. The molecule has 9 atom stereocenters. The van der Waals surface area contributed by atoms with E-state index in [1.54, 1.807) is 5.57 Å². The van der Waals surface area contributed by atoms with Gasteiger partial charge in [0.1, 0.15) is 6.10 Å². The van der Waals surface area contributed by atoms with Crippen LogP contribution in [-0.2, 0) is 9.53 Å². The summed E-state index contributed by atoms with van der Waals surface area (Å²) in [5, 5.41) is 0.180. The van der Waals surface area contributed by atoms with E-state index >= 15 is 0 Å². The van der Waals surface area contributed by atoms with Crippen LogP contribution in [0.4, 0.5) is 4.79 Å². The van der Waals surface area contributed by atoms with Crippen LogP contribution in [0.3, 0.4) is 0 Å². The molecule has 0 bridgehead atoms. The van der Waals surface area contributed by atoms with Gasteiger partial charge in [0.15, 0.2) is 0 Å². The molecule has 0 saturated heterocycles. The standard InChI is InChI=1S/C46H82N2O3S/c1-10-11-12-13-14-15-16-19-31-48(44(50)52-36(5)47(8)9)32-28-43(49)51-39-26-29-45(6)35(4)40-27-30-46(7)37(21-18-17-20-34(2)3)23-25-42(46)41(40)24-22-38(45)33-39/h22,34-37,39-42H,10-21,23-33H2,1-9H3/t35?,36?,37?,39-,40?,41+,42?,45+,46+/m0/s1. The summed E-state index contributed by atoms with van der Waals surface area (Å²) < 4.78 is 6.25. The second kappa shape index (κ2) is 20.8. The molecule has 1 amide bonds. The maximum absolute atomic E-state index is 13.4. The molecule has 6 heteroatoms. The number of esters is 1. The smallest absolute Gasteiger partial charge is 0.307 e. The van der Waals surface area contributed by atoms with Crippen LogP contribution in [0.5, 0.6) is 0 Å². The number of nitrogens with zero attached hydrogens (tertiary/aromatic N) is 2. The van der Waals surface area contributed by atoms with Gasteiger partial charge < -0.3 is 9.64 Å². The number of allylic oxidation sites excluding steroid dienone is 1. The van der Waals surface area contributed by atoms with Gasteiger partial charge in [-0.2, -0.15) is 0 Å². The zero-order valence-corrected chi connectivity index (χ0v) is 36.3. The molecule has 0 radical (unpaired) electrons. The van der Waals surface area contributed by atoms with Crippen molar-refractivity contribution in [1.82, 2.24) is 9.80 Å². The fraction of sp³-hybridized carbons (Fsp3) is 0.913. The molecule has 5 unspecified atom stereocenters. The van der Waals surface area contributed by atoms with Gasteiger partial charge in [-0.15, -0.1) is 0 Å². The average Bonchev–Trinajstić information content (AvgIpc) is 3.39. The maximum Gasteiger partial charge on any atom is 0.307 e. The molecule has 4 aliphatic rings. The molecule has 0 spiro atoms. The summed E-state index contributed by atoms with van der Waals surface area (Å²) >= 11 is 1.37. The SMILES string of the molecule is CCCCCCCCCCN(CCC(=O)O[C@H]1CC[C@@]2(C)C(=CC[C@@H]3C(CC[C@]4(C)C(CCCCC(C)C)CCC34)C2C)C1)C(=O)SC(C)N(C)C. The van der Waals surface area contributed by atoms with E-state index in [9.17, 15) is 9.59 Å². The minimum atomic E-state index is -0.134. The molecule has 0 aromatic carbocycles. The number of hydrogen-bond acceptors (Lipinski definition) is 5. The first-order valence-corrected chi connectivity index (χ1v) is 23.2. The summed E-state index contributed by atoms with van der Waals surface area (Å²) in [6.07, 6.45) is 28.3. The molecule has 4 rings (SSSR count). The largest absolute Gasteiger partial charge is 0.462 e. The predicted molar refractivity (Wildman–Crippen MR) is 222 cm³/mol. The van der Waals surface area contributed by atoms with Crippen LogP contribution in [0, 0.1) is 46.3 Å². The van der Waals surface area contributed by atoms with Gasteiger partial charge >= 0.3 is 5.97 Å².